The maximum Gasteiger partial charge on any atom is 0.232 e. The zero-order valence-corrected chi connectivity index (χ0v) is 16.9. The Balaban J connectivity index is 1.37. The molecule has 0 bridgehead atoms. The van der Waals surface area contributed by atoms with Crippen LogP contribution in [0.3, 0.4) is 0 Å². The van der Waals surface area contributed by atoms with E-state index in [4.69, 9.17) is 0 Å². The van der Waals surface area contributed by atoms with Gasteiger partial charge in [0, 0.05) is 31.6 Å². The Bertz CT molecular complexity index is 1020. The lowest BCUT2D eigenvalue weighted by Crippen LogP contribution is -2.54. The highest BCUT2D eigenvalue weighted by atomic mass is 16.2. The number of rotatable bonds is 4. The third-order valence-corrected chi connectivity index (χ3v) is 5.82. The molecule has 0 spiro atoms. The van der Waals surface area contributed by atoms with Crippen LogP contribution in [0, 0.1) is 0 Å². The first-order valence-corrected chi connectivity index (χ1v) is 10.0. The smallest absolute Gasteiger partial charge is 0.232 e. The van der Waals surface area contributed by atoms with Gasteiger partial charge in [-0.05, 0) is 25.5 Å². The van der Waals surface area contributed by atoms with Crippen molar-refractivity contribution in [1.82, 2.24) is 20.0 Å². The minimum absolute atomic E-state index is 0.0637. The third kappa shape index (κ3) is 3.75. The molecule has 29 heavy (non-hydrogen) atoms. The number of benzene rings is 2. The van der Waals surface area contributed by atoms with Crippen molar-refractivity contribution in [1.29, 1.82) is 0 Å². The van der Waals surface area contributed by atoms with E-state index in [-0.39, 0.29) is 11.8 Å². The molecule has 0 unspecified atom stereocenters. The van der Waals surface area contributed by atoms with Crippen molar-refractivity contribution >= 4 is 22.7 Å². The van der Waals surface area contributed by atoms with E-state index in [1.165, 1.54) is 0 Å². The summed E-state index contributed by atoms with van der Waals surface area (Å²) in [7, 11) is 0. The lowest BCUT2D eigenvalue weighted by atomic mass is 9.83. The molecule has 0 aliphatic carbocycles. The number of nitrogens with one attached hydrogen (secondary N) is 1. The fourth-order valence-electron chi connectivity index (χ4n) is 3.94. The van der Waals surface area contributed by atoms with Crippen molar-refractivity contribution in [3.05, 3.63) is 65.9 Å². The van der Waals surface area contributed by atoms with E-state index in [0.717, 1.165) is 22.2 Å². The molecule has 2 amide bonds. The number of aromatic nitrogens is 2. The summed E-state index contributed by atoms with van der Waals surface area (Å²) in [6.45, 7) is 6.16. The fraction of sp³-hybridized carbons (Fsp3) is 0.348. The summed E-state index contributed by atoms with van der Waals surface area (Å²) in [5.74, 6) is 0.171. The molecule has 1 aliphatic rings. The molecule has 1 aromatic heterocycles. The lowest BCUT2D eigenvalue weighted by molar-refractivity contribution is -0.142. The predicted octanol–water partition coefficient (Wildman–Crippen LogP) is 2.75. The average molecular weight is 390 g/mol. The Morgan fingerprint density at radius 2 is 1.55 bits per heavy atom. The van der Waals surface area contributed by atoms with E-state index in [1.54, 1.807) is 0 Å². The number of carbonyl (C=O) groups is 2. The summed E-state index contributed by atoms with van der Waals surface area (Å²) in [6, 6.07) is 17.6. The monoisotopic (exact) mass is 390 g/mol. The number of H-pyrrole nitrogens is 1. The highest BCUT2D eigenvalue weighted by molar-refractivity contribution is 5.89. The van der Waals surface area contributed by atoms with Gasteiger partial charge in [0.25, 0.3) is 0 Å². The molecule has 1 aliphatic heterocycles. The SMILES string of the molecule is CC(C)(C(=O)N1CCN(C(=O)Cc2[nH]nc3ccccc23)CC1)c1ccccc1. The van der Waals surface area contributed by atoms with Crippen LogP contribution in [-0.4, -0.2) is 58.0 Å². The molecule has 1 N–H and O–H groups in total. The zero-order chi connectivity index (χ0) is 20.4. The lowest BCUT2D eigenvalue weighted by Gasteiger charge is -2.38. The number of piperazine rings is 1. The van der Waals surface area contributed by atoms with Gasteiger partial charge in [0.15, 0.2) is 0 Å². The average Bonchev–Trinajstić information content (AvgIpc) is 3.17. The minimum atomic E-state index is -0.581. The summed E-state index contributed by atoms with van der Waals surface area (Å²) < 4.78 is 0. The highest BCUT2D eigenvalue weighted by Crippen LogP contribution is 2.26. The molecule has 150 valence electrons. The van der Waals surface area contributed by atoms with Crippen molar-refractivity contribution in [3.8, 4) is 0 Å². The topological polar surface area (TPSA) is 69.3 Å². The van der Waals surface area contributed by atoms with Gasteiger partial charge < -0.3 is 9.80 Å². The molecule has 2 aromatic carbocycles. The first-order valence-electron chi connectivity index (χ1n) is 10.0. The maximum atomic E-state index is 13.1. The molecular weight excluding hydrogens is 364 g/mol. The zero-order valence-electron chi connectivity index (χ0n) is 16.9. The third-order valence-electron chi connectivity index (χ3n) is 5.82. The van der Waals surface area contributed by atoms with Crippen LogP contribution in [0.5, 0.6) is 0 Å². The van der Waals surface area contributed by atoms with Crippen LogP contribution in [0.25, 0.3) is 10.9 Å². The molecule has 0 radical (unpaired) electrons. The number of hydrogen-bond acceptors (Lipinski definition) is 3. The normalized spacial score (nSPS) is 15.0. The van der Waals surface area contributed by atoms with Crippen LogP contribution < -0.4 is 0 Å². The van der Waals surface area contributed by atoms with Crippen LogP contribution in [0.1, 0.15) is 25.1 Å². The Hall–Kier alpha value is -3.15. The van der Waals surface area contributed by atoms with Gasteiger partial charge in [-0.3, -0.25) is 14.7 Å². The van der Waals surface area contributed by atoms with Gasteiger partial charge in [-0.1, -0.05) is 48.5 Å². The first kappa shape index (κ1) is 19.2. The van der Waals surface area contributed by atoms with Crippen LogP contribution in [0.2, 0.25) is 0 Å². The van der Waals surface area contributed by atoms with Gasteiger partial charge in [0.2, 0.25) is 11.8 Å². The van der Waals surface area contributed by atoms with Gasteiger partial charge >= 0.3 is 0 Å². The van der Waals surface area contributed by atoms with E-state index in [0.29, 0.717) is 32.6 Å². The number of amides is 2. The second-order valence-electron chi connectivity index (χ2n) is 8.06. The van der Waals surface area contributed by atoms with Gasteiger partial charge in [-0.15, -0.1) is 0 Å². The van der Waals surface area contributed by atoms with Crippen LogP contribution in [0.15, 0.2) is 54.6 Å². The van der Waals surface area contributed by atoms with E-state index < -0.39 is 5.41 Å². The Morgan fingerprint density at radius 1 is 0.931 bits per heavy atom. The van der Waals surface area contributed by atoms with Gasteiger partial charge in [0.05, 0.1) is 23.0 Å². The molecule has 6 heteroatoms. The van der Waals surface area contributed by atoms with Gasteiger partial charge in [-0.25, -0.2) is 0 Å². The van der Waals surface area contributed by atoms with E-state index >= 15 is 0 Å². The van der Waals surface area contributed by atoms with E-state index in [9.17, 15) is 9.59 Å². The fourth-order valence-corrected chi connectivity index (χ4v) is 3.94. The Labute approximate surface area is 170 Å². The highest BCUT2D eigenvalue weighted by Gasteiger charge is 2.35. The predicted molar refractivity (Wildman–Crippen MR) is 112 cm³/mol. The molecule has 0 saturated carbocycles. The maximum absolute atomic E-state index is 13.1. The van der Waals surface area contributed by atoms with Crippen LogP contribution in [0.4, 0.5) is 0 Å². The summed E-state index contributed by atoms with van der Waals surface area (Å²) in [4.78, 5) is 29.6. The largest absolute Gasteiger partial charge is 0.339 e. The Morgan fingerprint density at radius 3 is 2.28 bits per heavy atom. The number of aromatic amines is 1. The van der Waals surface area contributed by atoms with Gasteiger partial charge in [0.1, 0.15) is 0 Å². The molecule has 3 aromatic rings. The minimum Gasteiger partial charge on any atom is -0.339 e. The molecular formula is C23H26N4O2. The molecule has 6 nitrogen and oxygen atoms in total. The number of fused-ring (bicyclic) bond motifs is 1. The molecule has 4 rings (SSSR count). The number of para-hydroxylation sites is 1. The summed E-state index contributed by atoms with van der Waals surface area (Å²) in [5.41, 5.74) is 2.14. The van der Waals surface area contributed by atoms with Crippen molar-refractivity contribution < 1.29 is 9.59 Å². The molecule has 1 saturated heterocycles. The van der Waals surface area contributed by atoms with Crippen molar-refractivity contribution in [2.45, 2.75) is 25.7 Å². The summed E-state index contributed by atoms with van der Waals surface area (Å²) >= 11 is 0. The molecule has 0 atom stereocenters. The van der Waals surface area contributed by atoms with Crippen molar-refractivity contribution in [3.63, 3.8) is 0 Å². The van der Waals surface area contributed by atoms with E-state index in [2.05, 4.69) is 10.2 Å². The summed E-state index contributed by atoms with van der Waals surface area (Å²) in [6.07, 6.45) is 0.296. The number of hydrogen-bond donors (Lipinski definition) is 1. The van der Waals surface area contributed by atoms with Crippen LogP contribution in [-0.2, 0) is 21.4 Å². The quantitative estimate of drug-likeness (QED) is 0.745. The first-order chi connectivity index (χ1) is 14.0. The van der Waals surface area contributed by atoms with E-state index in [1.807, 2.05) is 78.2 Å². The molecule has 1 fully saturated rings. The van der Waals surface area contributed by atoms with Crippen LogP contribution >= 0.6 is 0 Å². The standard InChI is InChI=1S/C23H26N4O2/c1-23(2,17-8-4-3-5-9-17)22(29)27-14-12-26(13-15-27)21(28)16-20-18-10-6-7-11-19(18)24-25-20/h3-11H,12-16H2,1-2H3,(H,24,25). The number of carbonyl (C=O) groups excluding carboxylic acids is 2. The second-order valence-corrected chi connectivity index (χ2v) is 8.06. The Kier molecular flexibility index (Phi) is 5.09. The van der Waals surface area contributed by atoms with Crippen molar-refractivity contribution in [2.24, 2.45) is 0 Å². The van der Waals surface area contributed by atoms with Gasteiger partial charge in [-0.2, -0.15) is 5.10 Å². The second kappa shape index (κ2) is 7.70. The summed E-state index contributed by atoms with van der Waals surface area (Å²) in [5, 5.41) is 8.23. The molecule has 2 heterocycles. The number of nitrogens with zero attached hydrogens (tertiary/aromatic N) is 3. The van der Waals surface area contributed by atoms with Crippen molar-refractivity contribution in [2.75, 3.05) is 26.2 Å².